The molecule has 4 rings (SSSR count). The number of hydrogen-bond acceptors (Lipinski definition) is 5. The van der Waals surface area contributed by atoms with Crippen LogP contribution in [0.3, 0.4) is 0 Å². The van der Waals surface area contributed by atoms with E-state index < -0.39 is 0 Å². The molecule has 0 N–H and O–H groups in total. The molecule has 1 aliphatic heterocycles. The third kappa shape index (κ3) is 4.21. The lowest BCUT2D eigenvalue weighted by molar-refractivity contribution is 0.468. The average Bonchev–Trinajstić information content (AvgIpc) is 3.17. The monoisotopic (exact) mass is 376 g/mol. The maximum absolute atomic E-state index is 4.69. The smallest absolute Gasteiger partial charge is 0.132 e. The summed E-state index contributed by atoms with van der Waals surface area (Å²) in [7, 11) is 0. The van der Waals surface area contributed by atoms with Gasteiger partial charge in [-0.1, -0.05) is 19.4 Å². The Kier molecular flexibility index (Phi) is 5.65. The molecule has 0 spiro atoms. The van der Waals surface area contributed by atoms with Crippen molar-refractivity contribution in [2.24, 2.45) is 0 Å². The zero-order valence-corrected chi connectivity index (χ0v) is 16.8. The molecule has 0 amide bonds. The third-order valence-electron chi connectivity index (χ3n) is 5.39. The van der Waals surface area contributed by atoms with Crippen LogP contribution in [-0.2, 0) is 13.0 Å². The molecule has 0 radical (unpaired) electrons. The Labute approximate surface area is 166 Å². The molecule has 4 heterocycles. The molecule has 6 heteroatoms. The lowest BCUT2D eigenvalue weighted by Crippen LogP contribution is -2.34. The van der Waals surface area contributed by atoms with Crippen molar-refractivity contribution in [1.29, 1.82) is 0 Å². The molecule has 3 aromatic rings. The summed E-state index contributed by atoms with van der Waals surface area (Å²) in [5, 5.41) is 0. The van der Waals surface area contributed by atoms with Crippen LogP contribution in [0.5, 0.6) is 0 Å². The van der Waals surface area contributed by atoms with Crippen LogP contribution in [0.1, 0.15) is 55.0 Å². The zero-order valence-electron chi connectivity index (χ0n) is 16.8. The van der Waals surface area contributed by atoms with Crippen LogP contribution >= 0.6 is 0 Å². The predicted octanol–water partition coefficient (Wildman–Crippen LogP) is 3.76. The van der Waals surface area contributed by atoms with Crippen LogP contribution in [0, 0.1) is 6.92 Å². The van der Waals surface area contributed by atoms with Crippen molar-refractivity contribution in [2.45, 2.75) is 52.0 Å². The Hall–Kier alpha value is -2.76. The number of imidazole rings is 1. The summed E-state index contributed by atoms with van der Waals surface area (Å²) in [6.07, 6.45) is 12.1. The van der Waals surface area contributed by atoms with Gasteiger partial charge in [0.1, 0.15) is 17.5 Å². The van der Waals surface area contributed by atoms with Crippen LogP contribution in [0.2, 0.25) is 0 Å². The van der Waals surface area contributed by atoms with Gasteiger partial charge >= 0.3 is 0 Å². The summed E-state index contributed by atoms with van der Waals surface area (Å²) in [5.74, 6) is 3.62. The second kappa shape index (κ2) is 8.50. The number of hydrogen-bond donors (Lipinski definition) is 0. The maximum atomic E-state index is 4.69. The minimum atomic E-state index is 0.487. The largest absolute Gasteiger partial charge is 0.356 e. The van der Waals surface area contributed by atoms with Crippen LogP contribution in [-0.4, -0.2) is 37.6 Å². The number of rotatable bonds is 6. The van der Waals surface area contributed by atoms with Gasteiger partial charge in [-0.15, -0.1) is 0 Å². The fraction of sp³-hybridized carbons (Fsp3) is 0.455. The Morgan fingerprint density at radius 3 is 2.75 bits per heavy atom. The van der Waals surface area contributed by atoms with Gasteiger partial charge in [-0.25, -0.2) is 15.0 Å². The predicted molar refractivity (Wildman–Crippen MR) is 111 cm³/mol. The van der Waals surface area contributed by atoms with Crippen molar-refractivity contribution >= 4 is 5.82 Å². The molecule has 1 saturated heterocycles. The van der Waals surface area contributed by atoms with Gasteiger partial charge in [-0.05, 0) is 37.8 Å². The fourth-order valence-corrected chi connectivity index (χ4v) is 4.03. The second-order valence-electron chi connectivity index (χ2n) is 7.55. The highest BCUT2D eigenvalue weighted by atomic mass is 15.2. The van der Waals surface area contributed by atoms with E-state index in [9.17, 15) is 0 Å². The number of aryl methyl sites for hydroxylation is 2. The van der Waals surface area contributed by atoms with E-state index in [1.807, 2.05) is 31.6 Å². The molecular formula is C22H28N6. The summed E-state index contributed by atoms with van der Waals surface area (Å²) in [6, 6.07) is 6.27. The van der Waals surface area contributed by atoms with Crippen molar-refractivity contribution in [3.63, 3.8) is 0 Å². The maximum Gasteiger partial charge on any atom is 0.132 e. The normalized spacial score (nSPS) is 15.1. The Balaban J connectivity index is 1.43. The van der Waals surface area contributed by atoms with Gasteiger partial charge in [0.15, 0.2) is 0 Å². The van der Waals surface area contributed by atoms with E-state index >= 15 is 0 Å². The quantitative estimate of drug-likeness (QED) is 0.655. The van der Waals surface area contributed by atoms with Gasteiger partial charge in [-0.3, -0.25) is 4.98 Å². The second-order valence-corrected chi connectivity index (χ2v) is 7.55. The highest BCUT2D eigenvalue weighted by Crippen LogP contribution is 2.29. The highest BCUT2D eigenvalue weighted by Gasteiger charge is 2.25. The molecule has 0 aliphatic carbocycles. The summed E-state index contributed by atoms with van der Waals surface area (Å²) >= 11 is 0. The minimum absolute atomic E-state index is 0.487. The van der Waals surface area contributed by atoms with Crippen molar-refractivity contribution in [1.82, 2.24) is 24.5 Å². The lowest BCUT2D eigenvalue weighted by atomic mass is 9.95. The number of anilines is 1. The number of piperidine rings is 1. The van der Waals surface area contributed by atoms with Crippen LogP contribution in [0.25, 0.3) is 0 Å². The molecular weight excluding hydrogens is 348 g/mol. The van der Waals surface area contributed by atoms with E-state index in [-0.39, 0.29) is 0 Å². The van der Waals surface area contributed by atoms with E-state index in [4.69, 9.17) is 0 Å². The summed E-state index contributed by atoms with van der Waals surface area (Å²) in [5.41, 5.74) is 2.36. The van der Waals surface area contributed by atoms with E-state index in [1.54, 1.807) is 0 Å². The first-order chi connectivity index (χ1) is 13.7. The van der Waals surface area contributed by atoms with Gasteiger partial charge in [0.25, 0.3) is 0 Å². The van der Waals surface area contributed by atoms with E-state index in [0.29, 0.717) is 5.92 Å². The molecule has 0 unspecified atom stereocenters. The Morgan fingerprint density at radius 1 is 1.14 bits per heavy atom. The summed E-state index contributed by atoms with van der Waals surface area (Å²) in [4.78, 5) is 20.6. The molecule has 0 saturated carbocycles. The standard InChI is InChI=1S/C22H28N6/c1-3-5-20-14-21(26-17(2)25-20)27-11-7-19(8-12-27)22-24-10-13-28(22)16-18-6-4-9-23-15-18/h4,6,9-10,13-15,19H,3,5,7-8,11-12,16H2,1-2H3. The topological polar surface area (TPSA) is 59.7 Å². The lowest BCUT2D eigenvalue weighted by Gasteiger charge is -2.33. The summed E-state index contributed by atoms with van der Waals surface area (Å²) in [6.45, 7) is 7.02. The first-order valence-electron chi connectivity index (χ1n) is 10.2. The van der Waals surface area contributed by atoms with E-state index in [2.05, 4.69) is 54.7 Å². The molecule has 146 valence electrons. The number of nitrogens with zero attached hydrogens (tertiary/aromatic N) is 6. The van der Waals surface area contributed by atoms with Crippen molar-refractivity contribution < 1.29 is 0 Å². The van der Waals surface area contributed by atoms with Gasteiger partial charge < -0.3 is 9.47 Å². The first-order valence-corrected chi connectivity index (χ1v) is 10.2. The number of pyridine rings is 1. The molecule has 6 nitrogen and oxygen atoms in total. The van der Waals surface area contributed by atoms with Gasteiger partial charge in [0.05, 0.1) is 6.54 Å². The zero-order chi connectivity index (χ0) is 19.3. The van der Waals surface area contributed by atoms with E-state index in [1.165, 1.54) is 11.4 Å². The van der Waals surface area contributed by atoms with Gasteiger partial charge in [0.2, 0.25) is 0 Å². The van der Waals surface area contributed by atoms with Crippen molar-refractivity contribution in [3.8, 4) is 0 Å². The Morgan fingerprint density at radius 2 is 2.00 bits per heavy atom. The van der Waals surface area contributed by atoms with Crippen molar-refractivity contribution in [2.75, 3.05) is 18.0 Å². The molecule has 1 aliphatic rings. The molecule has 1 fully saturated rings. The highest BCUT2D eigenvalue weighted by molar-refractivity contribution is 5.40. The molecule has 0 aromatic carbocycles. The average molecular weight is 377 g/mol. The molecule has 0 bridgehead atoms. The summed E-state index contributed by atoms with van der Waals surface area (Å²) < 4.78 is 2.27. The molecule has 3 aromatic heterocycles. The van der Waals surface area contributed by atoms with Crippen molar-refractivity contribution in [3.05, 3.63) is 65.9 Å². The van der Waals surface area contributed by atoms with Crippen LogP contribution in [0.4, 0.5) is 5.82 Å². The molecule has 0 atom stereocenters. The van der Waals surface area contributed by atoms with Crippen LogP contribution < -0.4 is 4.90 Å². The van der Waals surface area contributed by atoms with Gasteiger partial charge in [-0.2, -0.15) is 0 Å². The van der Waals surface area contributed by atoms with E-state index in [0.717, 1.165) is 62.7 Å². The van der Waals surface area contributed by atoms with Gasteiger partial charge in [0, 0.05) is 55.6 Å². The minimum Gasteiger partial charge on any atom is -0.356 e. The fourth-order valence-electron chi connectivity index (χ4n) is 4.03. The third-order valence-corrected chi connectivity index (χ3v) is 5.39. The first kappa shape index (κ1) is 18.6. The number of aromatic nitrogens is 5. The molecule has 28 heavy (non-hydrogen) atoms. The van der Waals surface area contributed by atoms with Crippen LogP contribution in [0.15, 0.2) is 43.0 Å². The SMILES string of the molecule is CCCc1cc(N2CCC(c3nccn3Cc3cccnc3)CC2)nc(C)n1. The Bertz CT molecular complexity index is 896.